The number of aliphatic hydroxyl groups excluding tert-OH is 1. The van der Waals surface area contributed by atoms with Crippen LogP contribution in [-0.2, 0) is 19.1 Å². The van der Waals surface area contributed by atoms with E-state index in [2.05, 4.69) is 418 Å². The van der Waals surface area contributed by atoms with Gasteiger partial charge in [0.15, 0.2) is 0 Å². The minimum Gasteiger partial charge on any atom is -0.481 e. The molecule has 1 amide bonds. The topological polar surface area (TPSA) is 113 Å². The maximum atomic E-state index is 11.0. The third kappa shape index (κ3) is 259. The van der Waals surface area contributed by atoms with Crippen LogP contribution >= 0.6 is 0 Å². The lowest BCUT2D eigenvalue weighted by Crippen LogP contribution is -2.40. The summed E-state index contributed by atoms with van der Waals surface area (Å²) >= 11 is 0. The number of rotatable bonds is 7. The van der Waals surface area contributed by atoms with Crippen molar-refractivity contribution in [2.75, 3.05) is 13.2 Å². The minimum atomic E-state index is -0.757. The summed E-state index contributed by atoms with van der Waals surface area (Å²) in [6, 6.07) is 0. The first-order valence-electron chi connectivity index (χ1n) is 47.3. The molecule has 0 aliphatic heterocycles. The Kier molecular flexibility index (Phi) is 101. The number of carboxylic acids is 1. The summed E-state index contributed by atoms with van der Waals surface area (Å²) in [6.07, 6.45) is 18.3. The Labute approximate surface area is 769 Å². The van der Waals surface area contributed by atoms with E-state index in [1.807, 2.05) is 96.1 Å². The first-order chi connectivity index (χ1) is 51.1. The predicted molar refractivity (Wildman–Crippen MR) is 567 cm³/mol. The lowest BCUT2D eigenvalue weighted by Gasteiger charge is -2.37. The summed E-state index contributed by atoms with van der Waals surface area (Å²) in [5, 5.41) is 19.5. The second-order valence-electron chi connectivity index (χ2n) is 55.5. The van der Waals surface area contributed by atoms with Gasteiger partial charge in [0.25, 0.3) is 0 Å². The van der Waals surface area contributed by atoms with Crippen LogP contribution in [-0.4, -0.2) is 46.8 Å². The number of ether oxygens (including phenoxy) is 1. The molecule has 7 nitrogen and oxygen atoms in total. The summed E-state index contributed by atoms with van der Waals surface area (Å²) < 4.78 is 4.92. The van der Waals surface area contributed by atoms with Gasteiger partial charge in [-0.25, -0.2) is 0 Å². The highest BCUT2D eigenvalue weighted by Gasteiger charge is 2.31. The average molecular weight is 1720 g/mol. The summed E-state index contributed by atoms with van der Waals surface area (Å²) in [6.45, 7) is 163. The van der Waals surface area contributed by atoms with Gasteiger partial charge in [0.1, 0.15) is 0 Å². The fourth-order valence-electron chi connectivity index (χ4n) is 3.74. The molecule has 0 aromatic rings. The van der Waals surface area contributed by atoms with Gasteiger partial charge in [-0.05, 0) is 194 Å². The Morgan fingerprint density at radius 1 is 0.383 bits per heavy atom. The van der Waals surface area contributed by atoms with Gasteiger partial charge in [0.2, 0.25) is 5.91 Å². The molecule has 0 fully saturated rings. The van der Waals surface area contributed by atoms with Crippen molar-refractivity contribution in [2.24, 2.45) is 109 Å². The van der Waals surface area contributed by atoms with Gasteiger partial charge in [-0.2, -0.15) is 0 Å². The van der Waals surface area contributed by atoms with Crippen molar-refractivity contribution in [3.63, 3.8) is 0 Å². The van der Waals surface area contributed by atoms with Crippen LogP contribution in [0.2, 0.25) is 0 Å². The molecule has 0 saturated heterocycles. The van der Waals surface area contributed by atoms with E-state index in [0.29, 0.717) is 94.3 Å². The number of aliphatic hydroxyl groups is 1. The zero-order chi connectivity index (χ0) is 103. The molecule has 744 valence electrons. The van der Waals surface area contributed by atoms with Crippen LogP contribution in [0.25, 0.3) is 0 Å². The highest BCUT2D eigenvalue weighted by molar-refractivity contribution is 5.76. The van der Waals surface area contributed by atoms with Gasteiger partial charge >= 0.3 is 11.9 Å². The van der Waals surface area contributed by atoms with E-state index < -0.39 is 11.4 Å². The van der Waals surface area contributed by atoms with Crippen molar-refractivity contribution in [1.29, 1.82) is 0 Å². The molecule has 3 N–H and O–H groups in total. The number of hydrogen-bond acceptors (Lipinski definition) is 5. The fourth-order valence-corrected chi connectivity index (χ4v) is 3.74. The van der Waals surface area contributed by atoms with Gasteiger partial charge in [0.05, 0.1) is 17.4 Å². The molecular weight excluding hydrogens is 1470 g/mol. The van der Waals surface area contributed by atoms with Gasteiger partial charge in [0, 0.05) is 18.6 Å². The van der Waals surface area contributed by atoms with Crippen molar-refractivity contribution in [1.82, 2.24) is 5.32 Å². The molecule has 0 rings (SSSR count). The Morgan fingerprint density at radius 2 is 0.625 bits per heavy atom. The largest absolute Gasteiger partial charge is 0.481 e. The third-order valence-electron chi connectivity index (χ3n) is 16.5. The van der Waals surface area contributed by atoms with Crippen LogP contribution in [0.15, 0.2) is 37.5 Å². The van der Waals surface area contributed by atoms with Gasteiger partial charge in [-0.15, -0.1) is 13.2 Å². The van der Waals surface area contributed by atoms with E-state index in [1.54, 1.807) is 26.8 Å². The SMILES string of the molecule is C/C=C/C(C)(C)C.C=CC.C=CCC(C)(C)C.CC(C)(C)C.CC(C)(C)C.CC(C)(C)C.CC(C)(C)C.CC(C)(C)C(=O)O.CC(C)(C)C(C)(C)C.CC(C)(C)CO.CC(C)C(C)(C)C.CCC(=O)NC(C)(C)C.CCC(C)(C)C.CCC(C)(C)C.CCC(C)(C)C(C)(C)C.CCC(C)C(C)(C)C.CCCC(C)(C)C.CCCOC(=O)C(C)(C)C. The van der Waals surface area contributed by atoms with Crippen LogP contribution in [0.1, 0.15) is 556 Å². The Bertz CT molecular complexity index is 2110. The predicted octanol–water partition coefficient (Wildman–Crippen LogP) is 40.1. The second-order valence-corrected chi connectivity index (χ2v) is 55.5. The Hall–Kier alpha value is -2.41. The van der Waals surface area contributed by atoms with E-state index in [4.69, 9.17) is 14.9 Å². The minimum absolute atomic E-state index is 0.0763. The first kappa shape index (κ1) is 161. The molecule has 0 aromatic carbocycles. The molecule has 120 heavy (non-hydrogen) atoms. The molecule has 1 atom stereocenters. The lowest BCUT2D eigenvalue weighted by atomic mass is 9.68. The van der Waals surface area contributed by atoms with Crippen LogP contribution in [0.3, 0.4) is 0 Å². The summed E-state index contributed by atoms with van der Waals surface area (Å²) in [7, 11) is 0. The van der Waals surface area contributed by atoms with E-state index in [0.717, 1.165) is 24.7 Å². The van der Waals surface area contributed by atoms with Gasteiger partial charge in [-0.3, -0.25) is 14.4 Å². The van der Waals surface area contributed by atoms with Crippen LogP contribution in [0, 0.1) is 109 Å². The summed E-state index contributed by atoms with van der Waals surface area (Å²) in [5.41, 5.74) is 6.33. The molecular formula is C113H251NO6. The molecule has 0 bridgehead atoms. The number of carbonyl (C=O) groups excluding carboxylic acids is 2. The summed E-state index contributed by atoms with van der Waals surface area (Å²) in [5.74, 6) is 0.888. The van der Waals surface area contributed by atoms with E-state index in [9.17, 15) is 14.4 Å². The molecule has 1 unspecified atom stereocenters. The van der Waals surface area contributed by atoms with E-state index in [1.165, 1.54) is 38.5 Å². The monoisotopic (exact) mass is 1720 g/mol. The van der Waals surface area contributed by atoms with Crippen molar-refractivity contribution in [2.45, 2.75) is 562 Å². The highest BCUT2D eigenvalue weighted by atomic mass is 16.5. The zero-order valence-electron chi connectivity index (χ0n) is 98.7. The van der Waals surface area contributed by atoms with Crippen LogP contribution < -0.4 is 5.32 Å². The maximum Gasteiger partial charge on any atom is 0.311 e. The van der Waals surface area contributed by atoms with E-state index in [-0.39, 0.29) is 34.9 Å². The molecule has 0 aliphatic rings. The molecule has 0 aliphatic carbocycles. The van der Waals surface area contributed by atoms with Crippen LogP contribution in [0.5, 0.6) is 0 Å². The van der Waals surface area contributed by atoms with Crippen molar-refractivity contribution >= 4 is 17.8 Å². The molecule has 0 saturated carbocycles. The van der Waals surface area contributed by atoms with Crippen molar-refractivity contribution in [3.05, 3.63) is 37.5 Å². The fraction of sp³-hybridized carbons (Fsp3) is 0.920. The summed E-state index contributed by atoms with van der Waals surface area (Å²) in [4.78, 5) is 31.7. The lowest BCUT2D eigenvalue weighted by molar-refractivity contribution is -0.153. The Balaban J connectivity index is -0.0000000576. The molecule has 0 radical (unpaired) electrons. The molecule has 0 aromatic heterocycles. The number of hydrogen-bond donors (Lipinski definition) is 3. The number of allylic oxidation sites excluding steroid dienone is 4. The second kappa shape index (κ2) is 75.6. The molecule has 7 heteroatoms. The number of carbonyl (C=O) groups is 3. The standard InChI is InChI=1S/C9H20.C8H16O2.2C8H18.C7H15NO.2C7H16.2C7H14.2C6H14.C5H10O2.C5H12O.4C5H12.C3H6/c1-7-9(5,6)8(2,3)4;1-5-6-10-7(9)8(2,3)4;1-7(2,3)8(4,5)6;1-6-7(2)8(3,4)5;1-5-6(9)8-7(2,3)4;1-6(2)7(3,4)5;3*1-5-6-7(2,3)4;2*1-5-6(2,3)4;1-5(2,3)4(6)7;1-5(2,3)4-6;4*1-5(2,3)4;1-3-2/h7H2,1-6H3;5-6H2,1-4H3;1-6H3;7H,6H2,1-5H3;5H2,1-4H3,(H,8,9);6H,1-5H3;5-6H2,1-4H3;5-6H,1-4H3;5H,1,6H2,2-4H3;2*5H2,1-4H3;1-3H3,(H,6,7);6H,4H2,1-3H3;4*1-4H3;3H,1H2,2H3/b;;;;;;;6-5+;;;;;;;;;;. The number of nitrogens with one attached hydrogen (secondary N) is 1. The average Bonchev–Trinajstić information content (AvgIpc) is 0.855. The smallest absolute Gasteiger partial charge is 0.311 e. The van der Waals surface area contributed by atoms with Crippen molar-refractivity contribution < 1.29 is 29.3 Å². The third-order valence-corrected chi connectivity index (χ3v) is 16.5. The maximum absolute atomic E-state index is 11.0. The number of esters is 1. The molecule has 0 heterocycles. The molecule has 0 spiro atoms. The van der Waals surface area contributed by atoms with E-state index >= 15 is 0 Å². The highest BCUT2D eigenvalue weighted by Crippen LogP contribution is 2.40. The number of aliphatic carboxylic acids is 1. The number of amides is 1. The zero-order valence-corrected chi connectivity index (χ0v) is 98.7. The van der Waals surface area contributed by atoms with Crippen molar-refractivity contribution in [3.8, 4) is 0 Å². The normalized spacial score (nSPS) is 12.3. The number of carboxylic acid groups (broad SMARTS) is 1. The quantitative estimate of drug-likeness (QED) is 0.173. The first-order valence-corrected chi connectivity index (χ1v) is 47.3. The van der Waals surface area contributed by atoms with Gasteiger partial charge < -0.3 is 20.3 Å². The van der Waals surface area contributed by atoms with Gasteiger partial charge in [-0.1, -0.05) is 479 Å². The Morgan fingerprint density at radius 3 is 0.658 bits per heavy atom. The van der Waals surface area contributed by atoms with Crippen LogP contribution in [0.4, 0.5) is 0 Å².